The Balaban J connectivity index is 1.87. The molecule has 0 amide bonds. The average Bonchev–Trinajstić information content (AvgIpc) is 2.38. The zero-order chi connectivity index (χ0) is 13.0. The Morgan fingerprint density at radius 2 is 2.22 bits per heavy atom. The van der Waals surface area contributed by atoms with E-state index in [1.807, 2.05) is 18.2 Å². The van der Waals surface area contributed by atoms with Gasteiger partial charge in [-0.3, -0.25) is 0 Å². The first-order valence-electron chi connectivity index (χ1n) is 6.84. The van der Waals surface area contributed by atoms with Crippen molar-refractivity contribution < 1.29 is 4.74 Å². The molecule has 0 aromatic heterocycles. The Labute approximate surface area is 118 Å². The summed E-state index contributed by atoms with van der Waals surface area (Å²) in [7, 11) is 0. The van der Waals surface area contributed by atoms with Crippen LogP contribution in [0.4, 0.5) is 5.69 Å². The van der Waals surface area contributed by atoms with Gasteiger partial charge >= 0.3 is 0 Å². The molecule has 1 aromatic rings. The number of rotatable bonds is 4. The number of halogens is 1. The van der Waals surface area contributed by atoms with Gasteiger partial charge in [-0.05, 0) is 36.5 Å². The molecule has 1 saturated carbocycles. The molecular formula is C15H22BrNO. The second-order valence-electron chi connectivity index (χ2n) is 5.22. The molecular weight excluding hydrogens is 290 g/mol. The lowest BCUT2D eigenvalue weighted by atomic mass is 9.85. The Hall–Kier alpha value is -0.540. The summed E-state index contributed by atoms with van der Waals surface area (Å²) < 4.78 is 7.10. The minimum absolute atomic E-state index is 0.438. The number of hydrogen-bond acceptors (Lipinski definition) is 2. The first-order chi connectivity index (χ1) is 8.69. The van der Waals surface area contributed by atoms with E-state index in [0.717, 1.165) is 16.1 Å². The summed E-state index contributed by atoms with van der Waals surface area (Å²) in [6.45, 7) is 2.96. The standard InChI is InChI=1S/C15H22BrNO/c1-2-11-4-3-5-14(8-11)18-10-12-6-7-13(17)9-15(12)16/h6-7,9,11,14H,2-5,8,10,17H2,1H3. The van der Waals surface area contributed by atoms with Crippen LogP contribution in [-0.2, 0) is 11.3 Å². The number of benzene rings is 1. The number of anilines is 1. The normalized spacial score (nSPS) is 24.1. The second kappa shape index (κ2) is 6.58. The maximum absolute atomic E-state index is 6.05. The van der Waals surface area contributed by atoms with Crippen molar-refractivity contribution in [2.24, 2.45) is 5.92 Å². The van der Waals surface area contributed by atoms with Gasteiger partial charge in [-0.1, -0.05) is 48.2 Å². The Kier molecular flexibility index (Phi) is 5.07. The lowest BCUT2D eigenvalue weighted by molar-refractivity contribution is 0.00154. The van der Waals surface area contributed by atoms with Gasteiger partial charge in [-0.25, -0.2) is 0 Å². The summed E-state index contributed by atoms with van der Waals surface area (Å²) in [6.07, 6.45) is 6.85. The molecule has 18 heavy (non-hydrogen) atoms. The highest BCUT2D eigenvalue weighted by molar-refractivity contribution is 9.10. The molecule has 0 bridgehead atoms. The molecule has 2 N–H and O–H groups in total. The molecule has 2 atom stereocenters. The van der Waals surface area contributed by atoms with Crippen LogP contribution in [0, 0.1) is 5.92 Å². The fraction of sp³-hybridized carbons (Fsp3) is 0.600. The van der Waals surface area contributed by atoms with Gasteiger partial charge < -0.3 is 10.5 Å². The third-order valence-electron chi connectivity index (χ3n) is 3.86. The molecule has 2 rings (SSSR count). The van der Waals surface area contributed by atoms with E-state index in [1.165, 1.54) is 37.7 Å². The van der Waals surface area contributed by atoms with Crippen LogP contribution in [-0.4, -0.2) is 6.10 Å². The van der Waals surface area contributed by atoms with Crippen LogP contribution >= 0.6 is 15.9 Å². The number of ether oxygens (including phenoxy) is 1. The van der Waals surface area contributed by atoms with E-state index < -0.39 is 0 Å². The Bertz CT molecular complexity index is 394. The van der Waals surface area contributed by atoms with Crippen molar-refractivity contribution in [2.45, 2.75) is 51.7 Å². The van der Waals surface area contributed by atoms with Crippen LogP contribution in [0.3, 0.4) is 0 Å². The van der Waals surface area contributed by atoms with Gasteiger partial charge in [0, 0.05) is 10.2 Å². The van der Waals surface area contributed by atoms with Gasteiger partial charge in [-0.15, -0.1) is 0 Å². The van der Waals surface area contributed by atoms with Crippen LogP contribution in [0.5, 0.6) is 0 Å². The number of nitrogens with two attached hydrogens (primary N) is 1. The van der Waals surface area contributed by atoms with Crippen LogP contribution in [0.15, 0.2) is 22.7 Å². The largest absolute Gasteiger partial charge is 0.399 e. The maximum Gasteiger partial charge on any atom is 0.0731 e. The molecule has 3 heteroatoms. The Morgan fingerprint density at radius 1 is 1.39 bits per heavy atom. The average molecular weight is 312 g/mol. The molecule has 0 aliphatic heterocycles. The molecule has 1 aromatic carbocycles. The maximum atomic E-state index is 6.05. The van der Waals surface area contributed by atoms with Crippen molar-refractivity contribution in [1.82, 2.24) is 0 Å². The highest BCUT2D eigenvalue weighted by Gasteiger charge is 2.21. The second-order valence-corrected chi connectivity index (χ2v) is 6.08. The zero-order valence-corrected chi connectivity index (χ0v) is 12.6. The SMILES string of the molecule is CCC1CCCC(OCc2ccc(N)cc2Br)C1. The van der Waals surface area contributed by atoms with Crippen molar-refractivity contribution in [3.8, 4) is 0 Å². The third kappa shape index (κ3) is 3.72. The zero-order valence-electron chi connectivity index (χ0n) is 11.0. The van der Waals surface area contributed by atoms with Crippen LogP contribution in [0.2, 0.25) is 0 Å². The first kappa shape index (κ1) is 13.9. The molecule has 1 aliphatic carbocycles. The smallest absolute Gasteiger partial charge is 0.0731 e. The number of nitrogen functional groups attached to an aromatic ring is 1. The summed E-state index contributed by atoms with van der Waals surface area (Å²) in [5, 5.41) is 0. The molecule has 0 radical (unpaired) electrons. The van der Waals surface area contributed by atoms with Crippen molar-refractivity contribution in [2.75, 3.05) is 5.73 Å². The fourth-order valence-corrected chi connectivity index (χ4v) is 3.16. The first-order valence-corrected chi connectivity index (χ1v) is 7.63. The summed E-state index contributed by atoms with van der Waals surface area (Å²) in [5.41, 5.74) is 7.70. The van der Waals surface area contributed by atoms with E-state index in [1.54, 1.807) is 0 Å². The van der Waals surface area contributed by atoms with E-state index in [0.29, 0.717) is 12.7 Å². The summed E-state index contributed by atoms with van der Waals surface area (Å²) in [5.74, 6) is 0.860. The molecule has 0 heterocycles. The van der Waals surface area contributed by atoms with Gasteiger partial charge in [0.1, 0.15) is 0 Å². The monoisotopic (exact) mass is 311 g/mol. The lowest BCUT2D eigenvalue weighted by Crippen LogP contribution is -2.22. The molecule has 2 unspecified atom stereocenters. The lowest BCUT2D eigenvalue weighted by Gasteiger charge is -2.28. The summed E-state index contributed by atoms with van der Waals surface area (Å²) >= 11 is 3.54. The van der Waals surface area contributed by atoms with Gasteiger partial charge in [0.05, 0.1) is 12.7 Å². The van der Waals surface area contributed by atoms with E-state index >= 15 is 0 Å². The molecule has 100 valence electrons. The van der Waals surface area contributed by atoms with E-state index in [9.17, 15) is 0 Å². The van der Waals surface area contributed by atoms with Crippen molar-refractivity contribution >= 4 is 21.6 Å². The van der Waals surface area contributed by atoms with Crippen molar-refractivity contribution in [3.63, 3.8) is 0 Å². The third-order valence-corrected chi connectivity index (χ3v) is 4.60. The van der Waals surface area contributed by atoms with Crippen molar-refractivity contribution in [1.29, 1.82) is 0 Å². The van der Waals surface area contributed by atoms with Gasteiger partial charge in [0.2, 0.25) is 0 Å². The van der Waals surface area contributed by atoms with Crippen molar-refractivity contribution in [3.05, 3.63) is 28.2 Å². The highest BCUT2D eigenvalue weighted by Crippen LogP contribution is 2.29. The fourth-order valence-electron chi connectivity index (χ4n) is 2.65. The summed E-state index contributed by atoms with van der Waals surface area (Å²) in [6, 6.07) is 5.91. The molecule has 0 saturated heterocycles. The molecule has 0 spiro atoms. The summed E-state index contributed by atoms with van der Waals surface area (Å²) in [4.78, 5) is 0. The van der Waals surface area contributed by atoms with Crippen LogP contribution in [0.25, 0.3) is 0 Å². The minimum Gasteiger partial charge on any atom is -0.399 e. The molecule has 2 nitrogen and oxygen atoms in total. The molecule has 1 fully saturated rings. The quantitative estimate of drug-likeness (QED) is 0.830. The topological polar surface area (TPSA) is 35.2 Å². The Morgan fingerprint density at radius 3 is 2.94 bits per heavy atom. The van der Waals surface area contributed by atoms with Crippen LogP contribution in [0.1, 0.15) is 44.6 Å². The van der Waals surface area contributed by atoms with Gasteiger partial charge in [0.15, 0.2) is 0 Å². The molecule has 1 aliphatic rings. The minimum atomic E-state index is 0.438. The van der Waals surface area contributed by atoms with E-state index in [2.05, 4.69) is 22.9 Å². The van der Waals surface area contributed by atoms with E-state index in [4.69, 9.17) is 10.5 Å². The number of hydrogen-bond donors (Lipinski definition) is 1. The van der Waals surface area contributed by atoms with Gasteiger partial charge in [-0.2, -0.15) is 0 Å². The predicted molar refractivity (Wildman–Crippen MR) is 79.4 cm³/mol. The predicted octanol–water partition coefficient (Wildman–Crippen LogP) is 4.52. The van der Waals surface area contributed by atoms with Crippen LogP contribution < -0.4 is 5.73 Å². The van der Waals surface area contributed by atoms with E-state index in [-0.39, 0.29) is 0 Å². The van der Waals surface area contributed by atoms with Gasteiger partial charge in [0.25, 0.3) is 0 Å². The highest BCUT2D eigenvalue weighted by atomic mass is 79.9.